The Hall–Kier alpha value is -3.72. The number of nitrogens with two attached hydrogens (primary N) is 2. The highest BCUT2D eigenvalue weighted by Gasteiger charge is 2.53. The lowest BCUT2D eigenvalue weighted by Gasteiger charge is -2.50. The zero-order chi connectivity index (χ0) is 29.3. The van der Waals surface area contributed by atoms with E-state index in [9.17, 15) is 29.8 Å². The van der Waals surface area contributed by atoms with Crippen molar-refractivity contribution in [3.8, 4) is 0 Å². The number of carboxylic acid groups (broad SMARTS) is 1. The van der Waals surface area contributed by atoms with Crippen molar-refractivity contribution in [2.75, 3.05) is 29.6 Å². The summed E-state index contributed by atoms with van der Waals surface area (Å²) in [6.07, 6.45) is 1.80. The summed E-state index contributed by atoms with van der Waals surface area (Å²) in [7, 11) is 0. The number of carboxylic acids is 1. The minimum atomic E-state index is -1.50. The molecule has 41 heavy (non-hydrogen) atoms. The highest BCUT2D eigenvalue weighted by atomic mass is 32.2. The van der Waals surface area contributed by atoms with Gasteiger partial charge in [0.05, 0.1) is 24.3 Å². The van der Waals surface area contributed by atoms with Gasteiger partial charge in [-0.2, -0.15) is 9.36 Å². The number of oxime groups is 1. The van der Waals surface area contributed by atoms with Crippen molar-refractivity contribution in [2.24, 2.45) is 5.16 Å². The van der Waals surface area contributed by atoms with E-state index in [4.69, 9.17) is 11.5 Å². The molecule has 7 N–H and O–H groups in total. The van der Waals surface area contributed by atoms with Crippen LogP contribution in [0.4, 0.5) is 10.9 Å². The maximum absolute atomic E-state index is 12.9. The molecule has 16 nitrogen and oxygen atoms in total. The molecule has 3 aromatic rings. The Bertz CT molecular complexity index is 1560. The molecule has 0 aliphatic carbocycles. The quantitative estimate of drug-likeness (QED) is 0.0370. The number of rotatable bonds is 11. The predicted molar refractivity (Wildman–Crippen MR) is 148 cm³/mol. The number of β-lactam (4-membered cyclic amide) rings is 1. The lowest BCUT2D eigenvalue weighted by Crippen LogP contribution is -2.71. The van der Waals surface area contributed by atoms with Crippen LogP contribution in [0.3, 0.4) is 0 Å². The number of aromatic nitrogens is 5. The Balaban J connectivity index is 1.24. The van der Waals surface area contributed by atoms with Crippen LogP contribution < -0.4 is 26.6 Å². The molecule has 1 saturated heterocycles. The molecule has 1 fully saturated rings. The molecule has 5 rings (SSSR count). The van der Waals surface area contributed by atoms with Crippen LogP contribution in [0.1, 0.15) is 11.5 Å². The smallest absolute Gasteiger partial charge is 0.278 e. The van der Waals surface area contributed by atoms with E-state index < -0.39 is 34.9 Å². The monoisotopic (exact) mass is 638 g/mol. The van der Waals surface area contributed by atoms with Gasteiger partial charge in [-0.25, -0.2) is 4.98 Å². The minimum Gasteiger partial charge on any atom is -0.543 e. The first kappa shape index (κ1) is 28.8. The fourth-order valence-electron chi connectivity index (χ4n) is 4.23. The van der Waals surface area contributed by atoms with Crippen molar-refractivity contribution in [2.45, 2.75) is 28.8 Å². The lowest BCUT2D eigenvalue weighted by molar-refractivity contribution is -0.767. The highest BCUT2D eigenvalue weighted by molar-refractivity contribution is 8.01. The molecule has 2 amide bonds. The van der Waals surface area contributed by atoms with Gasteiger partial charge in [0, 0.05) is 28.4 Å². The Morgan fingerprint density at radius 1 is 1.34 bits per heavy atom. The number of amides is 2. The fraction of sp³-hybridized carbons (Fsp3) is 0.333. The summed E-state index contributed by atoms with van der Waals surface area (Å²) in [5, 5.41) is 37.3. The number of aliphatic carboxylic acids is 1. The van der Waals surface area contributed by atoms with Gasteiger partial charge < -0.3 is 37.0 Å². The van der Waals surface area contributed by atoms with E-state index in [1.807, 2.05) is 10.1 Å². The van der Waals surface area contributed by atoms with Crippen molar-refractivity contribution >= 4 is 80.8 Å². The first-order valence-electron chi connectivity index (χ1n) is 11.7. The third kappa shape index (κ3) is 5.73. The fourth-order valence-corrected chi connectivity index (χ4v) is 7.98. The Kier molecular flexibility index (Phi) is 8.45. The van der Waals surface area contributed by atoms with Gasteiger partial charge >= 0.3 is 0 Å². The highest BCUT2D eigenvalue weighted by Crippen LogP contribution is 2.41. The van der Waals surface area contributed by atoms with Crippen LogP contribution in [0, 0.1) is 0 Å². The normalized spacial score (nSPS) is 18.8. The van der Waals surface area contributed by atoms with E-state index in [0.29, 0.717) is 28.8 Å². The Labute approximate surface area is 247 Å². The summed E-state index contributed by atoms with van der Waals surface area (Å²) in [4.78, 5) is 47.2. The third-order valence-corrected chi connectivity index (χ3v) is 10.1. The average molecular weight is 639 g/mol. The number of aliphatic hydroxyl groups excluding tert-OH is 1. The number of thioether (sulfide) groups is 2. The van der Waals surface area contributed by atoms with E-state index in [1.165, 1.54) is 34.9 Å². The zero-order valence-corrected chi connectivity index (χ0v) is 24.1. The second-order valence-corrected chi connectivity index (χ2v) is 12.6. The summed E-state index contributed by atoms with van der Waals surface area (Å²) in [6, 6.07) is 0.682. The maximum Gasteiger partial charge on any atom is 0.278 e. The molecular formula is C21H22N10O6S4. The Morgan fingerprint density at radius 3 is 2.83 bits per heavy atom. The van der Waals surface area contributed by atoms with E-state index in [2.05, 4.69) is 24.8 Å². The lowest BCUT2D eigenvalue weighted by atomic mass is 10.0. The molecule has 0 saturated carbocycles. The summed E-state index contributed by atoms with van der Waals surface area (Å²) in [5.74, 6) is -2.19. The van der Waals surface area contributed by atoms with Crippen LogP contribution in [-0.2, 0) is 27.5 Å². The van der Waals surface area contributed by atoms with Crippen molar-refractivity contribution in [1.29, 1.82) is 0 Å². The number of nitrogens with one attached hydrogen (secondary N) is 1. The number of hydrogen-bond donors (Lipinski definition) is 5. The van der Waals surface area contributed by atoms with Crippen molar-refractivity contribution in [3.05, 3.63) is 40.4 Å². The number of nitrogen functional groups attached to an aromatic ring is 2. The first-order valence-corrected chi connectivity index (χ1v) is 15.4. The van der Waals surface area contributed by atoms with Gasteiger partial charge in [0.2, 0.25) is 18.1 Å². The zero-order valence-electron chi connectivity index (χ0n) is 20.9. The number of aliphatic hydroxyl groups is 1. The molecule has 216 valence electrons. The molecule has 0 radical (unpaired) electrons. The van der Waals surface area contributed by atoms with Crippen LogP contribution in [-0.4, -0.2) is 87.3 Å². The molecule has 2 aliphatic heterocycles. The summed E-state index contributed by atoms with van der Waals surface area (Å²) >= 11 is 4.82. The van der Waals surface area contributed by atoms with Crippen LogP contribution in [0.15, 0.2) is 38.4 Å². The van der Waals surface area contributed by atoms with Gasteiger partial charge in [-0.3, -0.25) is 14.5 Å². The summed E-state index contributed by atoms with van der Waals surface area (Å²) in [5.41, 5.74) is 12.0. The van der Waals surface area contributed by atoms with E-state index >= 15 is 0 Å². The largest absolute Gasteiger partial charge is 0.543 e. The van der Waals surface area contributed by atoms with Crippen molar-refractivity contribution in [1.82, 2.24) is 29.2 Å². The van der Waals surface area contributed by atoms with Gasteiger partial charge in [-0.15, -0.1) is 32.5 Å². The second-order valence-electron chi connectivity index (χ2n) is 8.58. The first-order chi connectivity index (χ1) is 19.7. The molecule has 1 unspecified atom stereocenters. The minimum absolute atomic E-state index is 0.0584. The Morgan fingerprint density at radius 2 is 2.15 bits per heavy atom. The van der Waals surface area contributed by atoms with Crippen LogP contribution >= 0.6 is 46.4 Å². The number of anilines is 2. The van der Waals surface area contributed by atoms with Gasteiger partial charge in [0.1, 0.15) is 23.7 Å². The number of thiazole rings is 1. The molecule has 0 bridgehead atoms. The third-order valence-electron chi connectivity index (χ3n) is 6.06. The molecule has 0 aromatic carbocycles. The number of hydrogen-bond acceptors (Lipinski definition) is 16. The maximum atomic E-state index is 12.9. The second kappa shape index (κ2) is 12.0. The molecule has 20 heteroatoms. The van der Waals surface area contributed by atoms with Gasteiger partial charge in [-0.1, -0.05) is 16.9 Å². The van der Waals surface area contributed by atoms with Crippen molar-refractivity contribution in [3.63, 3.8) is 0 Å². The topological polar surface area (TPSA) is 242 Å². The van der Waals surface area contributed by atoms with Gasteiger partial charge in [-0.05, 0) is 5.57 Å². The van der Waals surface area contributed by atoms with Crippen LogP contribution in [0.2, 0.25) is 0 Å². The predicted octanol–water partition coefficient (Wildman–Crippen LogP) is -2.34. The van der Waals surface area contributed by atoms with Gasteiger partial charge in [0.15, 0.2) is 21.5 Å². The van der Waals surface area contributed by atoms with Gasteiger partial charge in [0.25, 0.3) is 11.8 Å². The SMILES string of the molecule is Nc1nc(/C(=N/O)C(=O)N[C@@H]2C(=O)N3C(C(=O)[O-])=C(CSc4nc(C[n+]5ccc(N)n5CCO)cs4)CSC23)ns1. The number of fused-ring (bicyclic) bond motifs is 1. The summed E-state index contributed by atoms with van der Waals surface area (Å²) in [6.45, 7) is 0.719. The molecule has 0 spiro atoms. The molecular weight excluding hydrogens is 617 g/mol. The van der Waals surface area contributed by atoms with E-state index in [-0.39, 0.29) is 34.8 Å². The number of carbonyl (C=O) groups excluding carboxylic acids is 3. The van der Waals surface area contributed by atoms with Crippen molar-refractivity contribution < 1.29 is 34.5 Å². The summed E-state index contributed by atoms with van der Waals surface area (Å²) < 4.78 is 8.11. The standard InChI is InChI=1S/C21H22N10O6S4/c22-11-1-2-29(30(11)3-4-32)5-10-8-40-21(24-10)39-7-9-6-38-18-13(17(34)31(18)14(9)19(35)36)25-16(33)12(27-37)15-26-20(23)41-28-15/h1-2,8,13,18,22,32H,3-7H2,(H5,23,25,26,28,33,35,36,37)/t13-,18?/m1/s1. The van der Waals surface area contributed by atoms with Crippen LogP contribution in [0.5, 0.6) is 0 Å². The number of carbonyl (C=O) groups is 3. The molecule has 2 atom stereocenters. The van der Waals surface area contributed by atoms with E-state index in [0.717, 1.165) is 22.1 Å². The molecule has 3 aromatic heterocycles. The van der Waals surface area contributed by atoms with E-state index in [1.54, 1.807) is 16.9 Å². The van der Waals surface area contributed by atoms with Crippen LogP contribution in [0.25, 0.3) is 0 Å². The number of nitrogens with zero attached hydrogens (tertiary/aromatic N) is 7. The molecule has 2 aliphatic rings. The molecule has 5 heterocycles. The average Bonchev–Trinajstić information content (AvgIpc) is 3.67.